The summed E-state index contributed by atoms with van der Waals surface area (Å²) in [5, 5.41) is 8.55. The van der Waals surface area contributed by atoms with Gasteiger partial charge in [0.05, 0.1) is 22.3 Å². The number of carbonyl (C=O) groups excluding carboxylic acids is 1. The van der Waals surface area contributed by atoms with Crippen molar-refractivity contribution < 1.29 is 4.79 Å². The normalized spacial score (nSPS) is 11.1. The summed E-state index contributed by atoms with van der Waals surface area (Å²) in [6, 6.07) is 16.1. The van der Waals surface area contributed by atoms with Gasteiger partial charge in [-0.2, -0.15) is 5.10 Å². The Hall–Kier alpha value is -3.47. The lowest BCUT2D eigenvalue weighted by atomic mass is 10.1. The minimum Gasteiger partial charge on any atom is -0.322 e. The number of anilines is 1. The summed E-state index contributed by atoms with van der Waals surface area (Å²) in [5.74, 6) is -0.151. The summed E-state index contributed by atoms with van der Waals surface area (Å²) in [4.78, 5) is 17.9. The maximum absolute atomic E-state index is 13.2. The highest BCUT2D eigenvalue weighted by Gasteiger charge is 2.20. The Balaban J connectivity index is 1.80. The first kappa shape index (κ1) is 19.8. The number of aromatic nitrogens is 3. The molecule has 0 unspecified atom stereocenters. The van der Waals surface area contributed by atoms with Crippen molar-refractivity contribution >= 4 is 22.6 Å². The van der Waals surface area contributed by atoms with Gasteiger partial charge in [0, 0.05) is 11.4 Å². The monoisotopic (exact) mass is 398 g/mol. The third-order valence-electron chi connectivity index (χ3n) is 5.40. The number of aryl methyl sites for hydroxylation is 5. The first-order valence-corrected chi connectivity index (χ1v) is 10.2. The Morgan fingerprint density at radius 3 is 2.40 bits per heavy atom. The predicted octanol–water partition coefficient (Wildman–Crippen LogP) is 5.47. The van der Waals surface area contributed by atoms with Gasteiger partial charge in [-0.15, -0.1) is 0 Å². The first-order chi connectivity index (χ1) is 14.4. The Labute approximate surface area is 176 Å². The van der Waals surface area contributed by atoms with Gasteiger partial charge in [0.2, 0.25) is 0 Å². The van der Waals surface area contributed by atoms with Gasteiger partial charge in [0.25, 0.3) is 5.91 Å². The maximum atomic E-state index is 13.2. The number of amides is 1. The number of hydrogen-bond donors (Lipinski definition) is 1. The number of pyridine rings is 1. The zero-order valence-electron chi connectivity index (χ0n) is 18.1. The topological polar surface area (TPSA) is 59.8 Å². The van der Waals surface area contributed by atoms with E-state index in [0.29, 0.717) is 11.2 Å². The quantitative estimate of drug-likeness (QED) is 0.496. The standard InChI is InChI=1S/C25H26N4O/c1-6-19-8-10-20(11-9-19)29-24-23(18(5)28-29)21(14-17(4)26-24)25(30)27-22-12-7-15(2)13-16(22)3/h7-14H,6H2,1-5H3,(H,27,30). The molecule has 4 rings (SSSR count). The van der Waals surface area contributed by atoms with Gasteiger partial charge in [-0.3, -0.25) is 4.79 Å². The second-order valence-electron chi connectivity index (χ2n) is 7.80. The van der Waals surface area contributed by atoms with Crippen molar-refractivity contribution in [3.63, 3.8) is 0 Å². The summed E-state index contributed by atoms with van der Waals surface area (Å²) in [6.45, 7) is 10.00. The summed E-state index contributed by atoms with van der Waals surface area (Å²) >= 11 is 0. The third kappa shape index (κ3) is 3.59. The summed E-state index contributed by atoms with van der Waals surface area (Å²) < 4.78 is 1.82. The van der Waals surface area contributed by atoms with Crippen LogP contribution in [0.15, 0.2) is 48.5 Å². The molecule has 5 nitrogen and oxygen atoms in total. The molecule has 0 saturated heterocycles. The summed E-state index contributed by atoms with van der Waals surface area (Å²) in [5.41, 5.74) is 8.06. The number of carbonyl (C=O) groups is 1. The zero-order valence-corrected chi connectivity index (χ0v) is 18.1. The second-order valence-corrected chi connectivity index (χ2v) is 7.80. The molecule has 1 amide bonds. The lowest BCUT2D eigenvalue weighted by molar-refractivity contribution is 0.102. The van der Waals surface area contributed by atoms with Crippen molar-refractivity contribution in [2.75, 3.05) is 5.32 Å². The fourth-order valence-corrected chi connectivity index (χ4v) is 3.79. The largest absolute Gasteiger partial charge is 0.322 e. The van der Waals surface area contributed by atoms with Crippen LogP contribution in [0.1, 0.15) is 45.4 Å². The molecule has 0 aliphatic carbocycles. The molecule has 2 aromatic heterocycles. The molecule has 0 spiro atoms. The van der Waals surface area contributed by atoms with E-state index in [4.69, 9.17) is 10.1 Å². The van der Waals surface area contributed by atoms with Gasteiger partial charge in [-0.25, -0.2) is 9.67 Å². The van der Waals surface area contributed by atoms with Crippen molar-refractivity contribution in [3.8, 4) is 5.69 Å². The molecule has 4 aromatic rings. The molecule has 0 fully saturated rings. The fraction of sp³-hybridized carbons (Fsp3) is 0.240. The van der Waals surface area contributed by atoms with Crippen molar-refractivity contribution in [3.05, 3.63) is 82.2 Å². The molecule has 0 bridgehead atoms. The molecule has 0 atom stereocenters. The van der Waals surface area contributed by atoms with Gasteiger partial charge >= 0.3 is 0 Å². The predicted molar refractivity (Wildman–Crippen MR) is 122 cm³/mol. The van der Waals surface area contributed by atoms with E-state index in [0.717, 1.165) is 40.1 Å². The Morgan fingerprint density at radius 2 is 1.73 bits per heavy atom. The van der Waals surface area contributed by atoms with Crippen molar-refractivity contribution in [2.45, 2.75) is 41.0 Å². The highest BCUT2D eigenvalue weighted by Crippen LogP contribution is 2.26. The van der Waals surface area contributed by atoms with Crippen molar-refractivity contribution in [1.29, 1.82) is 0 Å². The van der Waals surface area contributed by atoms with Crippen LogP contribution < -0.4 is 5.32 Å². The molecule has 152 valence electrons. The van der Waals surface area contributed by atoms with Crippen LogP contribution in [0.5, 0.6) is 0 Å². The van der Waals surface area contributed by atoms with Crippen molar-refractivity contribution in [2.24, 2.45) is 0 Å². The van der Waals surface area contributed by atoms with Crippen LogP contribution in [0.2, 0.25) is 0 Å². The van der Waals surface area contributed by atoms with Crippen LogP contribution in [0.3, 0.4) is 0 Å². The lowest BCUT2D eigenvalue weighted by Crippen LogP contribution is -2.14. The van der Waals surface area contributed by atoms with E-state index in [-0.39, 0.29) is 5.91 Å². The number of benzene rings is 2. The van der Waals surface area contributed by atoms with E-state index in [1.165, 1.54) is 11.1 Å². The SMILES string of the molecule is CCc1ccc(-n2nc(C)c3c(C(=O)Nc4ccc(C)cc4C)cc(C)nc32)cc1. The average Bonchev–Trinajstić information content (AvgIpc) is 3.05. The molecule has 30 heavy (non-hydrogen) atoms. The minimum atomic E-state index is -0.151. The second kappa shape index (κ2) is 7.75. The third-order valence-corrected chi connectivity index (χ3v) is 5.40. The molecular weight excluding hydrogens is 372 g/mol. The summed E-state index contributed by atoms with van der Waals surface area (Å²) in [7, 11) is 0. The molecule has 5 heteroatoms. The van der Waals surface area contributed by atoms with Gasteiger partial charge in [0.1, 0.15) is 0 Å². The van der Waals surface area contributed by atoms with Crippen LogP contribution in [-0.4, -0.2) is 20.7 Å². The average molecular weight is 399 g/mol. The van der Waals surface area contributed by atoms with Gasteiger partial charge < -0.3 is 5.32 Å². The molecule has 2 aromatic carbocycles. The number of hydrogen-bond acceptors (Lipinski definition) is 3. The van der Waals surface area contributed by atoms with E-state index < -0.39 is 0 Å². The van der Waals surface area contributed by atoms with Crippen LogP contribution in [-0.2, 0) is 6.42 Å². The Bertz CT molecular complexity index is 1250. The molecule has 0 radical (unpaired) electrons. The molecule has 0 aliphatic rings. The number of rotatable bonds is 4. The van der Waals surface area contributed by atoms with E-state index >= 15 is 0 Å². The lowest BCUT2D eigenvalue weighted by Gasteiger charge is -2.11. The highest BCUT2D eigenvalue weighted by atomic mass is 16.1. The Kier molecular flexibility index (Phi) is 5.12. The summed E-state index contributed by atoms with van der Waals surface area (Å²) in [6.07, 6.45) is 0.985. The van der Waals surface area contributed by atoms with E-state index in [1.807, 2.05) is 62.7 Å². The van der Waals surface area contributed by atoms with Gasteiger partial charge in [-0.05, 0) is 69.5 Å². The smallest absolute Gasteiger partial charge is 0.256 e. The van der Waals surface area contributed by atoms with Crippen LogP contribution >= 0.6 is 0 Å². The molecule has 2 heterocycles. The van der Waals surface area contributed by atoms with Crippen LogP contribution in [0.4, 0.5) is 5.69 Å². The molecule has 0 aliphatic heterocycles. The first-order valence-electron chi connectivity index (χ1n) is 10.2. The molecule has 1 N–H and O–H groups in total. The van der Waals surface area contributed by atoms with E-state index in [9.17, 15) is 4.79 Å². The highest BCUT2D eigenvalue weighted by molar-refractivity contribution is 6.13. The number of nitrogens with zero attached hydrogens (tertiary/aromatic N) is 3. The maximum Gasteiger partial charge on any atom is 0.256 e. The molecule has 0 saturated carbocycles. The van der Waals surface area contributed by atoms with Crippen molar-refractivity contribution in [1.82, 2.24) is 14.8 Å². The Morgan fingerprint density at radius 1 is 1.00 bits per heavy atom. The zero-order chi connectivity index (χ0) is 21.4. The fourth-order valence-electron chi connectivity index (χ4n) is 3.79. The van der Waals surface area contributed by atoms with Crippen LogP contribution in [0, 0.1) is 27.7 Å². The number of nitrogens with one attached hydrogen (secondary N) is 1. The number of fused-ring (bicyclic) bond motifs is 1. The molecular formula is C25H26N4O. The van der Waals surface area contributed by atoms with Gasteiger partial charge in [0.15, 0.2) is 5.65 Å². The van der Waals surface area contributed by atoms with E-state index in [1.54, 1.807) is 0 Å². The van der Waals surface area contributed by atoms with Crippen LogP contribution in [0.25, 0.3) is 16.7 Å². The van der Waals surface area contributed by atoms with E-state index in [2.05, 4.69) is 30.4 Å². The minimum absolute atomic E-state index is 0.151. The van der Waals surface area contributed by atoms with Gasteiger partial charge in [-0.1, -0.05) is 36.8 Å².